The molecule has 4 rings (SSSR count). The minimum atomic E-state index is -0.429. The van der Waals surface area contributed by atoms with E-state index in [1.54, 1.807) is 24.4 Å². The lowest BCUT2D eigenvalue weighted by molar-refractivity contribution is 0.0955. The van der Waals surface area contributed by atoms with Crippen molar-refractivity contribution in [1.29, 1.82) is 0 Å². The smallest absolute Gasteiger partial charge is 0.273 e. The lowest BCUT2D eigenvalue weighted by Crippen LogP contribution is -2.32. The molecular formula is C38H51N5O3. The SMILES string of the molecule is CCN(CC)CCN(C)Cc1cccc(C(=O)Nc2ccc(OCC3CCCCC3)cc2C(=O)NN=Cc2ccc(C)c(C)c2)c1. The molecule has 46 heavy (non-hydrogen) atoms. The van der Waals surface area contributed by atoms with E-state index < -0.39 is 5.91 Å². The van der Waals surface area contributed by atoms with Gasteiger partial charge in [0.2, 0.25) is 0 Å². The average Bonchev–Trinajstić information content (AvgIpc) is 3.07. The summed E-state index contributed by atoms with van der Waals surface area (Å²) in [6.45, 7) is 13.8. The normalized spacial score (nSPS) is 13.8. The van der Waals surface area contributed by atoms with E-state index in [1.807, 2.05) is 49.4 Å². The van der Waals surface area contributed by atoms with Gasteiger partial charge in [0.1, 0.15) is 5.75 Å². The summed E-state index contributed by atoms with van der Waals surface area (Å²) in [6, 6.07) is 18.9. The standard InChI is InChI=1S/C38H51N5O3/c1-6-43(7-2)21-20-42(5)26-32-14-11-15-33(23-32)37(44)40-36-19-18-34(46-27-30-12-9-8-10-13-30)24-35(36)38(45)41-39-25-31-17-16-28(3)29(4)22-31/h11,14-19,22-25,30H,6-10,12-13,20-21,26-27H2,1-5H3,(H,40,44)(H,41,45). The van der Waals surface area contributed by atoms with Crippen LogP contribution in [0.1, 0.15) is 88.9 Å². The number of ether oxygens (including phenoxy) is 1. The highest BCUT2D eigenvalue weighted by molar-refractivity contribution is 6.09. The molecule has 1 saturated carbocycles. The number of rotatable bonds is 15. The molecule has 0 unspecified atom stereocenters. The largest absolute Gasteiger partial charge is 0.493 e. The van der Waals surface area contributed by atoms with Crippen molar-refractivity contribution in [3.63, 3.8) is 0 Å². The van der Waals surface area contributed by atoms with Crippen molar-refractivity contribution in [1.82, 2.24) is 15.2 Å². The summed E-state index contributed by atoms with van der Waals surface area (Å²) in [5.41, 5.74) is 8.15. The number of hydrazone groups is 1. The fourth-order valence-electron chi connectivity index (χ4n) is 5.80. The molecule has 246 valence electrons. The molecule has 2 N–H and O–H groups in total. The Bertz CT molecular complexity index is 1480. The summed E-state index contributed by atoms with van der Waals surface area (Å²) in [5, 5.41) is 7.18. The quantitative estimate of drug-likeness (QED) is 0.140. The lowest BCUT2D eigenvalue weighted by Gasteiger charge is -2.23. The zero-order valence-corrected chi connectivity index (χ0v) is 28.3. The number of hydrogen-bond donors (Lipinski definition) is 2. The Morgan fingerprint density at radius 1 is 0.913 bits per heavy atom. The molecule has 3 aromatic carbocycles. The van der Waals surface area contributed by atoms with Crippen LogP contribution in [-0.2, 0) is 6.54 Å². The second-order valence-electron chi connectivity index (χ2n) is 12.5. The van der Waals surface area contributed by atoms with Crippen LogP contribution in [0.5, 0.6) is 5.75 Å². The number of amides is 2. The molecule has 1 fully saturated rings. The van der Waals surface area contributed by atoms with Crippen molar-refractivity contribution >= 4 is 23.7 Å². The summed E-state index contributed by atoms with van der Waals surface area (Å²) < 4.78 is 6.14. The molecule has 0 heterocycles. The molecule has 0 aliphatic heterocycles. The van der Waals surface area contributed by atoms with Crippen LogP contribution in [-0.4, -0.2) is 67.7 Å². The molecule has 8 nitrogen and oxygen atoms in total. The number of aryl methyl sites for hydroxylation is 2. The van der Waals surface area contributed by atoms with E-state index in [0.29, 0.717) is 35.1 Å². The van der Waals surface area contributed by atoms with Gasteiger partial charge in [-0.2, -0.15) is 5.10 Å². The number of carbonyl (C=O) groups excluding carboxylic acids is 2. The number of benzene rings is 3. The zero-order valence-electron chi connectivity index (χ0n) is 28.3. The zero-order chi connectivity index (χ0) is 32.9. The Balaban J connectivity index is 1.47. The van der Waals surface area contributed by atoms with Gasteiger partial charge in [-0.1, -0.05) is 63.4 Å². The maximum Gasteiger partial charge on any atom is 0.273 e. The maximum atomic E-state index is 13.5. The summed E-state index contributed by atoms with van der Waals surface area (Å²) in [6.07, 6.45) is 7.71. The van der Waals surface area contributed by atoms with Crippen molar-refractivity contribution < 1.29 is 14.3 Å². The van der Waals surface area contributed by atoms with E-state index in [9.17, 15) is 9.59 Å². The highest BCUT2D eigenvalue weighted by Gasteiger charge is 2.18. The van der Waals surface area contributed by atoms with Crippen LogP contribution in [0.4, 0.5) is 5.69 Å². The Labute approximate surface area is 275 Å². The van der Waals surface area contributed by atoms with Crippen LogP contribution >= 0.6 is 0 Å². The number of hydrogen-bond acceptors (Lipinski definition) is 6. The van der Waals surface area contributed by atoms with Gasteiger partial charge in [0.25, 0.3) is 11.8 Å². The number of nitrogens with one attached hydrogen (secondary N) is 2. The van der Waals surface area contributed by atoms with Crippen LogP contribution in [0, 0.1) is 19.8 Å². The summed E-state index contributed by atoms with van der Waals surface area (Å²) in [5.74, 6) is 0.413. The predicted octanol–water partition coefficient (Wildman–Crippen LogP) is 7.05. The summed E-state index contributed by atoms with van der Waals surface area (Å²) in [4.78, 5) is 31.6. The Morgan fingerprint density at radius 2 is 1.70 bits per heavy atom. The second-order valence-corrected chi connectivity index (χ2v) is 12.5. The molecule has 0 saturated heterocycles. The monoisotopic (exact) mass is 625 g/mol. The van der Waals surface area contributed by atoms with Crippen molar-refractivity contribution in [2.75, 3.05) is 45.2 Å². The highest BCUT2D eigenvalue weighted by Crippen LogP contribution is 2.27. The molecular weight excluding hydrogens is 574 g/mol. The van der Waals surface area contributed by atoms with Crippen LogP contribution in [0.25, 0.3) is 0 Å². The first kappa shape index (κ1) is 34.9. The van der Waals surface area contributed by atoms with Gasteiger partial charge >= 0.3 is 0 Å². The highest BCUT2D eigenvalue weighted by atomic mass is 16.5. The van der Waals surface area contributed by atoms with Crippen molar-refractivity contribution in [2.45, 2.75) is 66.3 Å². The molecule has 1 aliphatic rings. The first-order valence-electron chi connectivity index (χ1n) is 16.7. The minimum Gasteiger partial charge on any atom is -0.493 e. The van der Waals surface area contributed by atoms with Crippen LogP contribution in [0.3, 0.4) is 0 Å². The molecule has 2 amide bonds. The third-order valence-electron chi connectivity index (χ3n) is 8.94. The molecule has 0 bridgehead atoms. The predicted molar refractivity (Wildman–Crippen MR) is 188 cm³/mol. The van der Waals surface area contributed by atoms with E-state index in [2.05, 4.69) is 53.5 Å². The van der Waals surface area contributed by atoms with Crippen molar-refractivity contribution in [2.24, 2.45) is 11.0 Å². The Hall–Kier alpha value is -4.01. The first-order valence-corrected chi connectivity index (χ1v) is 16.7. The average molecular weight is 626 g/mol. The third kappa shape index (κ3) is 10.5. The second kappa shape index (κ2) is 17.6. The molecule has 8 heteroatoms. The van der Waals surface area contributed by atoms with Crippen molar-refractivity contribution in [3.8, 4) is 5.75 Å². The topological polar surface area (TPSA) is 86.3 Å². The van der Waals surface area contributed by atoms with Gasteiger partial charge < -0.3 is 19.9 Å². The fourth-order valence-corrected chi connectivity index (χ4v) is 5.80. The molecule has 0 radical (unpaired) electrons. The third-order valence-corrected chi connectivity index (χ3v) is 8.94. The molecule has 0 atom stereocenters. The lowest BCUT2D eigenvalue weighted by atomic mass is 9.90. The molecule has 1 aliphatic carbocycles. The summed E-state index contributed by atoms with van der Waals surface area (Å²) in [7, 11) is 2.10. The van der Waals surface area contributed by atoms with E-state index in [0.717, 1.165) is 49.4 Å². The fraction of sp³-hybridized carbons (Fsp3) is 0.447. The van der Waals surface area contributed by atoms with Gasteiger partial charge in [0.05, 0.1) is 24.1 Å². The van der Waals surface area contributed by atoms with Gasteiger partial charge in [-0.05, 0) is 105 Å². The van der Waals surface area contributed by atoms with Crippen LogP contribution < -0.4 is 15.5 Å². The molecule has 0 aromatic heterocycles. The van der Waals surface area contributed by atoms with E-state index in [4.69, 9.17) is 4.74 Å². The van der Waals surface area contributed by atoms with E-state index in [-0.39, 0.29) is 5.91 Å². The molecule has 0 spiro atoms. The Kier molecular flexibility index (Phi) is 13.4. The van der Waals surface area contributed by atoms with Crippen LogP contribution in [0.2, 0.25) is 0 Å². The first-order chi connectivity index (χ1) is 22.2. The van der Waals surface area contributed by atoms with E-state index >= 15 is 0 Å². The number of nitrogens with zero attached hydrogens (tertiary/aromatic N) is 3. The number of anilines is 1. The van der Waals surface area contributed by atoms with Crippen molar-refractivity contribution in [3.05, 3.63) is 94.0 Å². The van der Waals surface area contributed by atoms with Gasteiger partial charge in [-0.15, -0.1) is 0 Å². The van der Waals surface area contributed by atoms with Gasteiger partial charge in [0.15, 0.2) is 0 Å². The van der Waals surface area contributed by atoms with Gasteiger partial charge in [-0.25, -0.2) is 5.43 Å². The van der Waals surface area contributed by atoms with E-state index in [1.165, 1.54) is 37.7 Å². The molecule has 3 aromatic rings. The maximum absolute atomic E-state index is 13.5. The Morgan fingerprint density at radius 3 is 2.43 bits per heavy atom. The summed E-state index contributed by atoms with van der Waals surface area (Å²) >= 11 is 0. The van der Waals surface area contributed by atoms with Gasteiger partial charge in [-0.3, -0.25) is 9.59 Å². The number of carbonyl (C=O) groups is 2. The van der Waals surface area contributed by atoms with Crippen LogP contribution in [0.15, 0.2) is 65.8 Å². The minimum absolute atomic E-state index is 0.281. The van der Waals surface area contributed by atoms with Gasteiger partial charge in [0, 0.05) is 25.2 Å². The number of likely N-dealkylation sites (N-methyl/N-ethyl adjacent to an activating group) is 2.